The van der Waals surface area contributed by atoms with Crippen LogP contribution in [0.15, 0.2) is 35.7 Å². The number of hydrogen-bond acceptors (Lipinski definition) is 10. The Morgan fingerprint density at radius 2 is 1.74 bits per heavy atom. The van der Waals surface area contributed by atoms with Gasteiger partial charge < -0.3 is 19.3 Å². The quantitative estimate of drug-likeness (QED) is 0.125. The van der Waals surface area contributed by atoms with E-state index in [9.17, 15) is 28.0 Å². The minimum Gasteiger partial charge on any atom is -0.596 e. The first-order chi connectivity index (χ1) is 16.1. The summed E-state index contributed by atoms with van der Waals surface area (Å²) in [5, 5.41) is 13.5. The van der Waals surface area contributed by atoms with Crippen molar-refractivity contribution < 1.29 is 27.0 Å². The van der Waals surface area contributed by atoms with Crippen LogP contribution < -0.4 is 19.3 Å². The molecule has 1 aromatic heterocycles. The van der Waals surface area contributed by atoms with E-state index in [1.54, 1.807) is 12.1 Å². The minimum atomic E-state index is -4.42. The van der Waals surface area contributed by atoms with Crippen LogP contribution in [0.2, 0.25) is 0 Å². The average Bonchev–Trinajstić information content (AvgIpc) is 3.24. The monoisotopic (exact) mass is 573 g/mol. The van der Waals surface area contributed by atoms with Gasteiger partial charge in [-0.15, -0.1) is 23.2 Å². The van der Waals surface area contributed by atoms with Gasteiger partial charge in [-0.3, -0.25) is 10.1 Å². The fourth-order valence-corrected chi connectivity index (χ4v) is 6.17. The van der Waals surface area contributed by atoms with Gasteiger partial charge in [-0.25, -0.2) is 0 Å². The molecule has 0 saturated carbocycles. The van der Waals surface area contributed by atoms with Crippen molar-refractivity contribution in [1.29, 1.82) is 0 Å². The molecule has 0 aliphatic rings. The van der Waals surface area contributed by atoms with Crippen LogP contribution in [0.3, 0.4) is 0 Å². The van der Waals surface area contributed by atoms with Crippen LogP contribution in [0.25, 0.3) is 0 Å². The molecule has 190 valence electrons. The number of alkyl halides is 2. The molecular formula is C19H26Cl2N3O7PS2. The number of nitro groups is 1. The van der Waals surface area contributed by atoms with E-state index >= 15 is 0 Å². The van der Waals surface area contributed by atoms with Gasteiger partial charge >= 0.3 is 23.1 Å². The molecule has 1 aromatic carbocycles. The predicted molar refractivity (Wildman–Crippen MR) is 135 cm³/mol. The zero-order chi connectivity index (χ0) is 25.7. The first-order valence-corrected chi connectivity index (χ1v) is 14.7. The van der Waals surface area contributed by atoms with Crippen LogP contribution in [0, 0.1) is 10.1 Å². The summed E-state index contributed by atoms with van der Waals surface area (Å²) in [7, 11) is -3.55. The first-order valence-electron chi connectivity index (χ1n) is 9.93. The maximum atomic E-state index is 12.9. The van der Waals surface area contributed by atoms with Gasteiger partial charge in [0, 0.05) is 37.0 Å². The number of hydrogen-bond donors (Lipinski definition) is 1. The van der Waals surface area contributed by atoms with Crippen LogP contribution in [0.1, 0.15) is 17.2 Å². The molecule has 0 amide bonds. The van der Waals surface area contributed by atoms with E-state index in [0.717, 1.165) is 17.0 Å². The second kappa shape index (κ2) is 15.5. The number of halogens is 2. The van der Waals surface area contributed by atoms with E-state index in [2.05, 4.69) is 5.32 Å². The largest absolute Gasteiger partial charge is 0.596 e. The van der Waals surface area contributed by atoms with Gasteiger partial charge in [-0.1, -0.05) is 15.9 Å². The van der Waals surface area contributed by atoms with Gasteiger partial charge in [-0.2, -0.15) is 8.42 Å². The highest BCUT2D eigenvalue weighted by molar-refractivity contribution is 7.87. The Labute approximate surface area is 214 Å². The third-order valence-corrected chi connectivity index (χ3v) is 7.69. The molecule has 0 aliphatic heterocycles. The number of benzene rings is 1. The van der Waals surface area contributed by atoms with Crippen molar-refractivity contribution in [1.82, 2.24) is 5.32 Å². The summed E-state index contributed by atoms with van der Waals surface area (Å²) < 4.78 is 42.1. The van der Waals surface area contributed by atoms with Crippen molar-refractivity contribution in [2.45, 2.75) is 11.7 Å². The Bertz CT molecular complexity index is 1020. The van der Waals surface area contributed by atoms with Gasteiger partial charge in [-0.05, 0) is 49.8 Å². The van der Waals surface area contributed by atoms with Crippen molar-refractivity contribution in [3.63, 3.8) is 0 Å². The van der Waals surface area contributed by atoms with Gasteiger partial charge in [0.2, 0.25) is 0 Å². The summed E-state index contributed by atoms with van der Waals surface area (Å²) in [5.41, 5.74) is 0.665. The molecule has 2 unspecified atom stereocenters. The fourth-order valence-electron chi connectivity index (χ4n) is 2.86. The zero-order valence-corrected chi connectivity index (χ0v) is 22.6. The SMILES string of the molecule is CNC.O=[N+]([O-])c1sccc1C(CC[P+](=O)[O-])S(=O)(=O)Oc1ccc(N(CCCl)CCCl)cc1. The Morgan fingerprint density at radius 3 is 2.21 bits per heavy atom. The summed E-state index contributed by atoms with van der Waals surface area (Å²) in [5.74, 6) is 0.758. The van der Waals surface area contributed by atoms with Gasteiger partial charge in [0.1, 0.15) is 17.2 Å². The maximum absolute atomic E-state index is 12.9. The Hall–Kier alpha value is -1.53. The van der Waals surface area contributed by atoms with Crippen LogP contribution in [0.5, 0.6) is 5.75 Å². The van der Waals surface area contributed by atoms with E-state index < -0.39 is 34.5 Å². The van der Waals surface area contributed by atoms with Gasteiger partial charge in [0.05, 0.1) is 10.5 Å². The Balaban J connectivity index is 0.00000182. The number of rotatable bonds is 13. The average molecular weight is 574 g/mol. The molecule has 0 spiro atoms. The smallest absolute Gasteiger partial charge is 0.328 e. The van der Waals surface area contributed by atoms with Crippen LogP contribution in [0.4, 0.5) is 10.7 Å². The Kier molecular flexibility index (Phi) is 13.9. The topological polar surface area (TPSA) is 142 Å². The third-order valence-electron chi connectivity index (χ3n) is 4.23. The minimum absolute atomic E-state index is 0.00478. The first kappa shape index (κ1) is 30.5. The van der Waals surface area contributed by atoms with E-state index in [0.29, 0.717) is 24.8 Å². The third kappa shape index (κ3) is 9.61. The molecule has 10 nitrogen and oxygen atoms in total. The number of nitrogens with one attached hydrogen (secondary N) is 1. The molecule has 2 atom stereocenters. The summed E-state index contributed by atoms with van der Waals surface area (Å²) >= 11 is 12.3. The second-order valence-electron chi connectivity index (χ2n) is 6.71. The molecule has 1 N–H and O–H groups in total. The summed E-state index contributed by atoms with van der Waals surface area (Å²) in [6.45, 7) is 1.09. The molecule has 34 heavy (non-hydrogen) atoms. The lowest BCUT2D eigenvalue weighted by Crippen LogP contribution is -2.27. The molecule has 0 radical (unpaired) electrons. The molecule has 0 saturated heterocycles. The van der Waals surface area contributed by atoms with E-state index in [1.807, 2.05) is 19.0 Å². The standard InChI is InChI=1S/C17H19Cl2N2O7PS2.C2H7N/c18-7-9-20(10-8-19)13-1-3-14(4-2-13)28-31(26,27)16(5-11-29(24)25)15-6-12-30-17(15)21(22)23;1-3-2/h1-4,6,12,16H,5,7-11H2;3H,1-2H3. The predicted octanol–water partition coefficient (Wildman–Crippen LogP) is 3.72. The summed E-state index contributed by atoms with van der Waals surface area (Å²) in [6.07, 6.45) is -0.823. The highest BCUT2D eigenvalue weighted by atomic mass is 35.5. The van der Waals surface area contributed by atoms with Gasteiger partial charge in [0.25, 0.3) is 0 Å². The lowest BCUT2D eigenvalue weighted by atomic mass is 10.2. The van der Waals surface area contributed by atoms with E-state index in [4.69, 9.17) is 27.4 Å². The second-order valence-corrected chi connectivity index (χ2v) is 11.2. The lowest BCUT2D eigenvalue weighted by Gasteiger charge is -2.23. The molecule has 15 heteroatoms. The van der Waals surface area contributed by atoms with E-state index in [1.165, 1.54) is 23.6 Å². The number of anilines is 1. The molecular weight excluding hydrogens is 548 g/mol. The van der Waals surface area contributed by atoms with Crippen molar-refractivity contribution >= 4 is 63.4 Å². The molecule has 0 fully saturated rings. The van der Waals surface area contributed by atoms with Crippen LogP contribution in [-0.4, -0.2) is 58.4 Å². The summed E-state index contributed by atoms with van der Waals surface area (Å²) in [4.78, 5) is 23.5. The van der Waals surface area contributed by atoms with E-state index in [-0.39, 0.29) is 22.7 Å². The van der Waals surface area contributed by atoms with Crippen LogP contribution >= 0.6 is 42.6 Å². The molecule has 2 rings (SSSR count). The summed E-state index contributed by atoms with van der Waals surface area (Å²) in [6, 6.07) is 7.46. The van der Waals surface area contributed by atoms with Crippen molar-refractivity contribution in [2.24, 2.45) is 0 Å². The highest BCUT2D eigenvalue weighted by Crippen LogP contribution is 2.39. The highest BCUT2D eigenvalue weighted by Gasteiger charge is 2.36. The zero-order valence-electron chi connectivity index (χ0n) is 18.6. The number of thiophene rings is 1. The van der Waals surface area contributed by atoms with Crippen molar-refractivity contribution in [3.8, 4) is 5.75 Å². The lowest BCUT2D eigenvalue weighted by molar-refractivity contribution is -0.380. The van der Waals surface area contributed by atoms with Crippen LogP contribution in [-0.2, 0) is 14.7 Å². The molecule has 0 aliphatic carbocycles. The normalized spacial score (nSPS) is 12.3. The maximum Gasteiger partial charge on any atom is 0.328 e. The Morgan fingerprint density at radius 1 is 1.18 bits per heavy atom. The number of nitrogens with zero attached hydrogens (tertiary/aromatic N) is 2. The molecule has 0 bridgehead atoms. The van der Waals surface area contributed by atoms with Crippen molar-refractivity contribution in [2.75, 3.05) is 50.0 Å². The van der Waals surface area contributed by atoms with Gasteiger partial charge in [0.15, 0.2) is 0 Å². The molecule has 2 aromatic rings. The van der Waals surface area contributed by atoms with Crippen molar-refractivity contribution in [3.05, 3.63) is 51.4 Å². The fraction of sp³-hybridized carbons (Fsp3) is 0.474. The molecule has 1 heterocycles.